The molecule has 0 aliphatic rings. The molecule has 0 aliphatic carbocycles. The van der Waals surface area contributed by atoms with Crippen LogP contribution in [0.3, 0.4) is 0 Å². The third-order valence-electron chi connectivity index (χ3n) is 2.75. The van der Waals surface area contributed by atoms with Crippen LogP contribution in [0.25, 0.3) is 17.0 Å². The molecule has 0 saturated carbocycles. The van der Waals surface area contributed by atoms with Crippen molar-refractivity contribution < 1.29 is 5.11 Å². The van der Waals surface area contributed by atoms with Crippen LogP contribution in [0, 0.1) is 13.8 Å². The van der Waals surface area contributed by atoms with Gasteiger partial charge in [0, 0.05) is 22.7 Å². The SMILES string of the molecule is C=C/C(O)=C\c1[nH]c2ccc(C)cc2c1C. The lowest BCUT2D eigenvalue weighted by Gasteiger charge is -1.94. The van der Waals surface area contributed by atoms with Crippen LogP contribution in [0.1, 0.15) is 16.8 Å². The van der Waals surface area contributed by atoms with Gasteiger partial charge in [-0.25, -0.2) is 0 Å². The van der Waals surface area contributed by atoms with Gasteiger partial charge in [-0.2, -0.15) is 0 Å². The average molecular weight is 213 g/mol. The number of fused-ring (bicyclic) bond motifs is 1. The zero-order chi connectivity index (χ0) is 11.7. The van der Waals surface area contributed by atoms with Gasteiger partial charge in [0.1, 0.15) is 5.76 Å². The number of allylic oxidation sites excluding steroid dienone is 1. The lowest BCUT2D eigenvalue weighted by molar-refractivity contribution is 0.438. The van der Waals surface area contributed by atoms with Gasteiger partial charge in [-0.15, -0.1) is 0 Å². The third kappa shape index (κ3) is 1.74. The molecule has 1 aromatic heterocycles. The number of benzene rings is 1. The Morgan fingerprint density at radius 3 is 2.81 bits per heavy atom. The molecule has 82 valence electrons. The first-order valence-corrected chi connectivity index (χ1v) is 5.24. The molecule has 0 unspecified atom stereocenters. The van der Waals surface area contributed by atoms with Gasteiger partial charge in [-0.05, 0) is 37.6 Å². The highest BCUT2D eigenvalue weighted by atomic mass is 16.3. The van der Waals surface area contributed by atoms with E-state index in [2.05, 4.69) is 36.7 Å². The first-order valence-electron chi connectivity index (χ1n) is 5.24. The van der Waals surface area contributed by atoms with Crippen molar-refractivity contribution in [2.24, 2.45) is 0 Å². The fourth-order valence-electron chi connectivity index (χ4n) is 1.81. The molecule has 0 atom stereocenters. The molecule has 0 amide bonds. The zero-order valence-electron chi connectivity index (χ0n) is 9.54. The zero-order valence-corrected chi connectivity index (χ0v) is 9.54. The molecule has 2 nitrogen and oxygen atoms in total. The van der Waals surface area contributed by atoms with Crippen molar-refractivity contribution in [2.45, 2.75) is 13.8 Å². The number of nitrogens with one attached hydrogen (secondary N) is 1. The topological polar surface area (TPSA) is 36.0 Å². The van der Waals surface area contributed by atoms with E-state index in [9.17, 15) is 5.11 Å². The molecule has 16 heavy (non-hydrogen) atoms. The Balaban J connectivity index is 2.65. The predicted octanol–water partition coefficient (Wildman–Crippen LogP) is 3.87. The van der Waals surface area contributed by atoms with E-state index in [4.69, 9.17) is 0 Å². The highest BCUT2D eigenvalue weighted by Crippen LogP contribution is 2.24. The van der Waals surface area contributed by atoms with Gasteiger partial charge in [0.2, 0.25) is 0 Å². The van der Waals surface area contributed by atoms with E-state index in [0.29, 0.717) is 0 Å². The number of hydrogen-bond donors (Lipinski definition) is 2. The van der Waals surface area contributed by atoms with Crippen LogP contribution in [-0.4, -0.2) is 10.1 Å². The molecule has 0 bridgehead atoms. The number of rotatable bonds is 2. The van der Waals surface area contributed by atoms with Crippen molar-refractivity contribution in [3.8, 4) is 0 Å². The maximum Gasteiger partial charge on any atom is 0.117 e. The average Bonchev–Trinajstić information content (AvgIpc) is 2.56. The molecular formula is C14H15NO. The van der Waals surface area contributed by atoms with Crippen LogP contribution >= 0.6 is 0 Å². The van der Waals surface area contributed by atoms with Crippen molar-refractivity contribution in [1.29, 1.82) is 0 Å². The number of H-pyrrole nitrogens is 1. The fourth-order valence-corrected chi connectivity index (χ4v) is 1.81. The second kappa shape index (κ2) is 3.89. The molecule has 2 N–H and O–H groups in total. The molecular weight excluding hydrogens is 198 g/mol. The number of aliphatic hydroxyl groups is 1. The Labute approximate surface area is 94.9 Å². The molecule has 1 heterocycles. The molecule has 0 fully saturated rings. The molecule has 2 rings (SSSR count). The Morgan fingerprint density at radius 2 is 2.12 bits per heavy atom. The van der Waals surface area contributed by atoms with Crippen LogP contribution in [0.2, 0.25) is 0 Å². The Hall–Kier alpha value is -1.96. The Morgan fingerprint density at radius 1 is 1.38 bits per heavy atom. The van der Waals surface area contributed by atoms with E-state index < -0.39 is 0 Å². The molecule has 0 aliphatic heterocycles. The number of aromatic nitrogens is 1. The predicted molar refractivity (Wildman–Crippen MR) is 68.6 cm³/mol. The van der Waals surface area contributed by atoms with Gasteiger partial charge in [0.25, 0.3) is 0 Å². The number of aliphatic hydroxyl groups excluding tert-OH is 1. The minimum Gasteiger partial charge on any atom is -0.508 e. The van der Waals surface area contributed by atoms with Crippen LogP contribution in [0.4, 0.5) is 0 Å². The summed E-state index contributed by atoms with van der Waals surface area (Å²) in [5.41, 5.74) is 4.40. The van der Waals surface area contributed by atoms with E-state index >= 15 is 0 Å². The number of hydrogen-bond acceptors (Lipinski definition) is 1. The summed E-state index contributed by atoms with van der Waals surface area (Å²) >= 11 is 0. The lowest BCUT2D eigenvalue weighted by Crippen LogP contribution is -1.78. The van der Waals surface area contributed by atoms with E-state index in [0.717, 1.165) is 16.8 Å². The van der Waals surface area contributed by atoms with Gasteiger partial charge < -0.3 is 10.1 Å². The first kappa shape index (κ1) is 10.6. The minimum atomic E-state index is 0.173. The molecule has 0 saturated heterocycles. The van der Waals surface area contributed by atoms with Gasteiger partial charge >= 0.3 is 0 Å². The maximum atomic E-state index is 9.44. The summed E-state index contributed by atoms with van der Waals surface area (Å²) in [6, 6.07) is 6.27. The maximum absolute atomic E-state index is 9.44. The molecule has 0 radical (unpaired) electrons. The highest BCUT2D eigenvalue weighted by Gasteiger charge is 2.05. The smallest absolute Gasteiger partial charge is 0.117 e. The third-order valence-corrected chi connectivity index (χ3v) is 2.75. The normalized spacial score (nSPS) is 12.0. The molecule has 0 spiro atoms. The fraction of sp³-hybridized carbons (Fsp3) is 0.143. The van der Waals surface area contributed by atoms with Crippen molar-refractivity contribution in [3.05, 3.63) is 53.4 Å². The van der Waals surface area contributed by atoms with Crippen molar-refractivity contribution >= 4 is 17.0 Å². The lowest BCUT2D eigenvalue weighted by atomic mass is 10.1. The first-order chi connectivity index (χ1) is 7.61. The van der Waals surface area contributed by atoms with Crippen LogP contribution < -0.4 is 0 Å². The van der Waals surface area contributed by atoms with E-state index in [1.165, 1.54) is 17.0 Å². The molecule has 2 heteroatoms. The number of aryl methyl sites for hydroxylation is 2. The Kier molecular flexibility index (Phi) is 2.57. The summed E-state index contributed by atoms with van der Waals surface area (Å²) in [7, 11) is 0. The summed E-state index contributed by atoms with van der Waals surface area (Å²) < 4.78 is 0. The van der Waals surface area contributed by atoms with Gasteiger partial charge in [-0.3, -0.25) is 0 Å². The summed E-state index contributed by atoms with van der Waals surface area (Å²) in [4.78, 5) is 3.27. The van der Waals surface area contributed by atoms with Crippen LogP contribution in [0.15, 0.2) is 36.6 Å². The van der Waals surface area contributed by atoms with Gasteiger partial charge in [-0.1, -0.05) is 18.2 Å². The van der Waals surface area contributed by atoms with E-state index in [-0.39, 0.29) is 5.76 Å². The van der Waals surface area contributed by atoms with Crippen LogP contribution in [0.5, 0.6) is 0 Å². The molecule has 2 aromatic rings. The van der Waals surface area contributed by atoms with Crippen molar-refractivity contribution in [1.82, 2.24) is 4.98 Å². The second-order valence-corrected chi connectivity index (χ2v) is 3.99. The quantitative estimate of drug-likeness (QED) is 0.576. The summed E-state index contributed by atoms with van der Waals surface area (Å²) in [5.74, 6) is 0.173. The van der Waals surface area contributed by atoms with E-state index in [1.807, 2.05) is 6.92 Å². The summed E-state index contributed by atoms with van der Waals surface area (Å²) in [5, 5.41) is 10.6. The standard InChI is InChI=1S/C14H15NO/c1-4-11(16)8-14-10(3)12-7-9(2)5-6-13(12)15-14/h4-8,15-16H,1H2,2-3H3/b11-8+. The summed E-state index contributed by atoms with van der Waals surface area (Å²) in [6.45, 7) is 7.64. The minimum absolute atomic E-state index is 0.173. The van der Waals surface area contributed by atoms with Crippen LogP contribution in [-0.2, 0) is 0 Å². The highest BCUT2D eigenvalue weighted by molar-refractivity contribution is 5.87. The molecule has 1 aromatic carbocycles. The van der Waals surface area contributed by atoms with E-state index in [1.54, 1.807) is 6.08 Å². The van der Waals surface area contributed by atoms with Crippen molar-refractivity contribution in [2.75, 3.05) is 0 Å². The van der Waals surface area contributed by atoms with Gasteiger partial charge in [0.05, 0.1) is 0 Å². The Bertz CT molecular complexity index is 576. The monoisotopic (exact) mass is 213 g/mol. The summed E-state index contributed by atoms with van der Waals surface area (Å²) in [6.07, 6.45) is 3.12. The number of aromatic amines is 1. The second-order valence-electron chi connectivity index (χ2n) is 3.99. The largest absolute Gasteiger partial charge is 0.508 e. The van der Waals surface area contributed by atoms with Gasteiger partial charge in [0.15, 0.2) is 0 Å². The van der Waals surface area contributed by atoms with Crippen molar-refractivity contribution in [3.63, 3.8) is 0 Å².